The minimum atomic E-state index is -4.29. The Morgan fingerprint density at radius 1 is 1.33 bits per heavy atom. The smallest absolute Gasteiger partial charge is 0.350 e. The molecule has 0 unspecified atom stereocenters. The van der Waals surface area contributed by atoms with Gasteiger partial charge in [0.2, 0.25) is 5.91 Å². The zero-order valence-electron chi connectivity index (χ0n) is 8.65. The third-order valence-corrected chi connectivity index (χ3v) is 1.62. The molecular weight excluding hydrogens is 233 g/mol. The van der Waals surface area contributed by atoms with Crippen LogP contribution >= 0.6 is 12.4 Å². The fourth-order valence-electron chi connectivity index (χ4n) is 0.746. The van der Waals surface area contributed by atoms with Crippen molar-refractivity contribution < 1.29 is 18.0 Å². The van der Waals surface area contributed by atoms with Crippen molar-refractivity contribution in [2.45, 2.75) is 38.4 Å². The summed E-state index contributed by atoms with van der Waals surface area (Å²) in [5, 5.41) is 2.41. The van der Waals surface area contributed by atoms with E-state index in [1.165, 1.54) is 0 Å². The summed E-state index contributed by atoms with van der Waals surface area (Å²) in [4.78, 5) is 11.0. The van der Waals surface area contributed by atoms with Gasteiger partial charge in [-0.2, -0.15) is 13.2 Å². The van der Waals surface area contributed by atoms with Gasteiger partial charge < -0.3 is 11.1 Å². The van der Waals surface area contributed by atoms with Crippen LogP contribution in [0.5, 0.6) is 0 Å². The molecule has 0 saturated heterocycles. The topological polar surface area (TPSA) is 55.1 Å². The van der Waals surface area contributed by atoms with Crippen molar-refractivity contribution in [3.05, 3.63) is 0 Å². The average Bonchev–Trinajstić information content (AvgIpc) is 1.99. The highest BCUT2D eigenvalue weighted by molar-refractivity contribution is 5.85. The lowest BCUT2D eigenvalue weighted by Crippen LogP contribution is -2.48. The number of nitrogens with two attached hydrogens (primary N) is 1. The van der Waals surface area contributed by atoms with E-state index in [2.05, 4.69) is 5.32 Å². The molecule has 0 bridgehead atoms. The molecule has 0 aromatic heterocycles. The Hall–Kier alpha value is -0.490. The zero-order chi connectivity index (χ0) is 11.4. The predicted molar refractivity (Wildman–Crippen MR) is 53.8 cm³/mol. The van der Waals surface area contributed by atoms with Crippen LogP contribution < -0.4 is 11.1 Å². The van der Waals surface area contributed by atoms with E-state index in [9.17, 15) is 18.0 Å². The first-order valence-corrected chi connectivity index (χ1v) is 4.24. The third kappa shape index (κ3) is 9.81. The Balaban J connectivity index is 0. The molecule has 0 saturated carbocycles. The molecule has 0 aromatic rings. The number of hydrogen-bond donors (Lipinski definition) is 2. The summed E-state index contributed by atoms with van der Waals surface area (Å²) in [6.45, 7) is 3.49. The van der Waals surface area contributed by atoms with E-state index in [4.69, 9.17) is 5.73 Å². The summed E-state index contributed by atoms with van der Waals surface area (Å²) in [6.07, 6.45) is -5.93. The normalized spacial score (nSPS) is 11.9. The first-order valence-electron chi connectivity index (χ1n) is 4.24. The number of carbonyl (C=O) groups excluding carboxylic acids is 1. The number of amides is 1. The lowest BCUT2D eigenvalue weighted by Gasteiger charge is -2.24. The molecule has 0 aromatic carbocycles. The van der Waals surface area contributed by atoms with Crippen LogP contribution in [-0.2, 0) is 4.79 Å². The largest absolute Gasteiger partial charge is 0.389 e. The summed E-state index contributed by atoms with van der Waals surface area (Å²) in [6, 6.07) is 0. The molecule has 15 heavy (non-hydrogen) atoms. The summed E-state index contributed by atoms with van der Waals surface area (Å²) in [5.74, 6) is -0.627. The zero-order valence-corrected chi connectivity index (χ0v) is 9.47. The lowest BCUT2D eigenvalue weighted by atomic mass is 10.1. The van der Waals surface area contributed by atoms with Gasteiger partial charge in [-0.1, -0.05) is 0 Å². The third-order valence-electron chi connectivity index (χ3n) is 1.62. The molecule has 0 fully saturated rings. The summed E-state index contributed by atoms with van der Waals surface area (Å²) in [7, 11) is 0. The molecule has 0 aliphatic heterocycles. The van der Waals surface area contributed by atoms with Gasteiger partial charge in [-0.15, -0.1) is 12.4 Å². The molecule has 0 heterocycles. The highest BCUT2D eigenvalue weighted by Gasteiger charge is 2.29. The molecule has 7 heteroatoms. The highest BCUT2D eigenvalue weighted by Crippen LogP contribution is 2.21. The minimum absolute atomic E-state index is 0. The van der Waals surface area contributed by atoms with Gasteiger partial charge in [0.05, 0.1) is 6.42 Å². The Labute approximate surface area is 93.0 Å². The summed E-state index contributed by atoms with van der Waals surface area (Å²) in [5.41, 5.74) is 4.65. The number of carbonyl (C=O) groups is 1. The number of nitrogens with one attached hydrogen (secondary N) is 1. The van der Waals surface area contributed by atoms with Gasteiger partial charge in [0, 0.05) is 18.5 Å². The molecule has 0 aliphatic rings. The van der Waals surface area contributed by atoms with E-state index in [1.54, 1.807) is 13.8 Å². The van der Waals surface area contributed by atoms with Crippen LogP contribution in [0.2, 0.25) is 0 Å². The highest BCUT2D eigenvalue weighted by atomic mass is 35.5. The average molecular weight is 249 g/mol. The van der Waals surface area contributed by atoms with Crippen molar-refractivity contribution in [3.8, 4) is 0 Å². The van der Waals surface area contributed by atoms with Gasteiger partial charge in [-0.05, 0) is 13.8 Å². The number of rotatable bonds is 4. The molecule has 0 rings (SSSR count). The van der Waals surface area contributed by atoms with Gasteiger partial charge in [0.1, 0.15) is 0 Å². The molecule has 92 valence electrons. The van der Waals surface area contributed by atoms with Crippen molar-refractivity contribution in [2.24, 2.45) is 5.73 Å². The Morgan fingerprint density at radius 3 is 2.13 bits per heavy atom. The first kappa shape index (κ1) is 16.9. The maximum atomic E-state index is 11.7. The van der Waals surface area contributed by atoms with Crippen molar-refractivity contribution in [3.63, 3.8) is 0 Å². The van der Waals surface area contributed by atoms with E-state index in [0.29, 0.717) is 0 Å². The summed E-state index contributed by atoms with van der Waals surface area (Å²) < 4.78 is 35.2. The van der Waals surface area contributed by atoms with Crippen LogP contribution in [0.3, 0.4) is 0 Å². The second kappa shape index (κ2) is 6.17. The van der Waals surface area contributed by atoms with Crippen LogP contribution in [-0.4, -0.2) is 24.2 Å². The van der Waals surface area contributed by atoms with Crippen molar-refractivity contribution in [1.29, 1.82) is 0 Å². The van der Waals surface area contributed by atoms with E-state index in [1.807, 2.05) is 0 Å². The van der Waals surface area contributed by atoms with E-state index >= 15 is 0 Å². The molecular formula is C8H16ClF3N2O. The van der Waals surface area contributed by atoms with Crippen LogP contribution in [0.1, 0.15) is 26.7 Å². The van der Waals surface area contributed by atoms with E-state index in [0.717, 1.165) is 0 Å². The van der Waals surface area contributed by atoms with Crippen molar-refractivity contribution >= 4 is 18.3 Å². The van der Waals surface area contributed by atoms with Gasteiger partial charge in [-0.25, -0.2) is 0 Å². The second-order valence-electron chi connectivity index (χ2n) is 3.75. The molecule has 3 nitrogen and oxygen atoms in total. The number of alkyl halides is 3. The molecule has 0 radical (unpaired) electrons. The van der Waals surface area contributed by atoms with Gasteiger partial charge in [-0.3, -0.25) is 4.79 Å². The Bertz CT molecular complexity index is 207. The minimum Gasteiger partial charge on any atom is -0.350 e. The standard InChI is InChI=1S/C8H15F3N2O.ClH/c1-7(2,5-12)13-6(14)3-4-8(9,10)11;/h3-5,12H2,1-2H3,(H,13,14);1H. The number of hydrogen-bond acceptors (Lipinski definition) is 2. The molecule has 0 spiro atoms. The summed E-state index contributed by atoms with van der Waals surface area (Å²) >= 11 is 0. The van der Waals surface area contributed by atoms with Crippen LogP contribution in [0.4, 0.5) is 13.2 Å². The Morgan fingerprint density at radius 2 is 1.80 bits per heavy atom. The van der Waals surface area contributed by atoms with Crippen LogP contribution in [0, 0.1) is 0 Å². The lowest BCUT2D eigenvalue weighted by molar-refractivity contribution is -0.144. The predicted octanol–water partition coefficient (Wildman–Crippen LogP) is 1.60. The second-order valence-corrected chi connectivity index (χ2v) is 3.75. The molecule has 0 atom stereocenters. The fraction of sp³-hybridized carbons (Fsp3) is 0.875. The van der Waals surface area contributed by atoms with Crippen molar-refractivity contribution in [1.82, 2.24) is 5.32 Å². The first-order chi connectivity index (χ1) is 6.16. The van der Waals surface area contributed by atoms with Crippen molar-refractivity contribution in [2.75, 3.05) is 6.54 Å². The van der Waals surface area contributed by atoms with E-state index < -0.39 is 30.5 Å². The van der Waals surface area contributed by atoms with Crippen LogP contribution in [0.15, 0.2) is 0 Å². The van der Waals surface area contributed by atoms with Crippen LogP contribution in [0.25, 0.3) is 0 Å². The monoisotopic (exact) mass is 248 g/mol. The SMILES string of the molecule is CC(C)(CN)NC(=O)CCC(F)(F)F.Cl. The quantitative estimate of drug-likeness (QED) is 0.794. The molecule has 3 N–H and O–H groups in total. The van der Waals surface area contributed by atoms with Gasteiger partial charge in [0.15, 0.2) is 0 Å². The Kier molecular flexibility index (Phi) is 6.96. The fourth-order valence-corrected chi connectivity index (χ4v) is 0.746. The van der Waals surface area contributed by atoms with E-state index in [-0.39, 0.29) is 19.0 Å². The van der Waals surface area contributed by atoms with Gasteiger partial charge >= 0.3 is 6.18 Å². The molecule has 0 aliphatic carbocycles. The molecule has 1 amide bonds. The van der Waals surface area contributed by atoms with Gasteiger partial charge in [0.25, 0.3) is 0 Å². The maximum Gasteiger partial charge on any atom is 0.389 e. The number of halogens is 4. The maximum absolute atomic E-state index is 11.7.